The maximum Gasteiger partial charge on any atom is 0.0348 e. The highest BCUT2D eigenvalue weighted by Gasteiger charge is 2.49. The van der Waals surface area contributed by atoms with E-state index in [1.807, 2.05) is 0 Å². The molecule has 130 valence electrons. The Hall–Kier alpha value is -2.08. The van der Waals surface area contributed by atoms with Crippen LogP contribution >= 0.6 is 0 Å². The summed E-state index contributed by atoms with van der Waals surface area (Å²) in [6.45, 7) is 11.7. The minimum absolute atomic E-state index is 0.0631. The molecular weight excluding hydrogens is 300 g/mol. The quantitative estimate of drug-likeness (QED) is 0.579. The Morgan fingerprint density at radius 1 is 0.760 bits per heavy atom. The Morgan fingerprint density at radius 2 is 1.24 bits per heavy atom. The van der Waals surface area contributed by atoms with Gasteiger partial charge in [0.15, 0.2) is 0 Å². The molecule has 0 aromatic heterocycles. The molecule has 25 heavy (non-hydrogen) atoms. The summed E-state index contributed by atoms with van der Waals surface area (Å²) >= 11 is 0. The third kappa shape index (κ3) is 2.99. The van der Waals surface area contributed by atoms with Gasteiger partial charge in [0.25, 0.3) is 0 Å². The van der Waals surface area contributed by atoms with Crippen LogP contribution in [0.3, 0.4) is 0 Å². The molecule has 0 aliphatic heterocycles. The molecule has 0 heteroatoms. The predicted molar refractivity (Wildman–Crippen MR) is 109 cm³/mol. The van der Waals surface area contributed by atoms with E-state index < -0.39 is 0 Å². The fourth-order valence-corrected chi connectivity index (χ4v) is 4.51. The van der Waals surface area contributed by atoms with Gasteiger partial charge in [-0.15, -0.1) is 0 Å². The molecule has 0 saturated carbocycles. The molecule has 1 aliphatic rings. The van der Waals surface area contributed by atoms with Crippen molar-refractivity contribution >= 4 is 0 Å². The van der Waals surface area contributed by atoms with Gasteiger partial charge >= 0.3 is 0 Å². The van der Waals surface area contributed by atoms with Crippen LogP contribution in [0.4, 0.5) is 0 Å². The van der Waals surface area contributed by atoms with Crippen LogP contribution in [0, 0.1) is 17.3 Å². The van der Waals surface area contributed by atoms with Crippen molar-refractivity contribution in [3.63, 3.8) is 0 Å². The van der Waals surface area contributed by atoms with Crippen LogP contribution in [0.2, 0.25) is 0 Å². The van der Waals surface area contributed by atoms with Gasteiger partial charge in [-0.3, -0.25) is 0 Å². The third-order valence-electron chi connectivity index (χ3n) is 5.68. The summed E-state index contributed by atoms with van der Waals surface area (Å²) in [5, 5.41) is 0. The second-order valence-corrected chi connectivity index (χ2v) is 8.50. The normalized spacial score (nSPS) is 17.8. The largest absolute Gasteiger partial charge is 0.0761 e. The van der Waals surface area contributed by atoms with Crippen LogP contribution in [-0.2, 0) is 5.41 Å². The average molecular weight is 331 g/mol. The monoisotopic (exact) mass is 330 g/mol. The van der Waals surface area contributed by atoms with Crippen LogP contribution in [0.25, 0.3) is 0 Å². The van der Waals surface area contributed by atoms with Crippen LogP contribution < -0.4 is 0 Å². The standard InChI is InChI=1S/C25H30/c1-19(2)20-16-17-23(18-20)25(24(3,4)5,21-12-8-6-9-13-21)22-14-10-7-11-15-22/h6-19,23H,1-5H3. The van der Waals surface area contributed by atoms with E-state index in [1.165, 1.54) is 16.7 Å². The minimum atomic E-state index is -0.0946. The number of allylic oxidation sites excluding steroid dienone is 4. The van der Waals surface area contributed by atoms with Gasteiger partial charge in [0, 0.05) is 11.3 Å². The lowest BCUT2D eigenvalue weighted by Crippen LogP contribution is -2.46. The van der Waals surface area contributed by atoms with E-state index in [2.05, 4.69) is 114 Å². The highest BCUT2D eigenvalue weighted by Crippen LogP contribution is 2.54. The summed E-state index contributed by atoms with van der Waals surface area (Å²) in [7, 11) is 0. The van der Waals surface area contributed by atoms with Crippen LogP contribution in [0.15, 0.2) is 84.5 Å². The lowest BCUT2D eigenvalue weighted by atomic mass is 9.53. The smallest absolute Gasteiger partial charge is 0.0348 e. The van der Waals surface area contributed by atoms with Crippen molar-refractivity contribution in [3.8, 4) is 0 Å². The molecule has 0 bridgehead atoms. The van der Waals surface area contributed by atoms with Crippen molar-refractivity contribution < 1.29 is 0 Å². The second-order valence-electron chi connectivity index (χ2n) is 8.50. The summed E-state index contributed by atoms with van der Waals surface area (Å²) in [6, 6.07) is 22.1. The second kappa shape index (κ2) is 6.67. The minimum Gasteiger partial charge on any atom is -0.0761 e. The molecule has 0 N–H and O–H groups in total. The molecule has 0 radical (unpaired) electrons. The zero-order valence-electron chi connectivity index (χ0n) is 16.2. The topological polar surface area (TPSA) is 0 Å². The fraction of sp³-hybridized carbons (Fsp3) is 0.360. The highest BCUT2D eigenvalue weighted by atomic mass is 14.5. The van der Waals surface area contributed by atoms with Crippen molar-refractivity contribution in [2.45, 2.75) is 40.0 Å². The van der Waals surface area contributed by atoms with Crippen LogP contribution in [-0.4, -0.2) is 0 Å². The van der Waals surface area contributed by atoms with Crippen molar-refractivity contribution in [1.29, 1.82) is 0 Å². The zero-order valence-corrected chi connectivity index (χ0v) is 16.2. The van der Waals surface area contributed by atoms with Crippen molar-refractivity contribution in [3.05, 3.63) is 95.6 Å². The van der Waals surface area contributed by atoms with Gasteiger partial charge in [-0.2, -0.15) is 0 Å². The molecule has 1 atom stereocenters. The van der Waals surface area contributed by atoms with Gasteiger partial charge in [-0.25, -0.2) is 0 Å². The van der Waals surface area contributed by atoms with E-state index in [1.54, 1.807) is 0 Å². The first kappa shape index (κ1) is 17.7. The maximum atomic E-state index is 2.50. The molecule has 0 nitrogen and oxygen atoms in total. The van der Waals surface area contributed by atoms with Crippen molar-refractivity contribution in [2.24, 2.45) is 17.3 Å². The van der Waals surface area contributed by atoms with Gasteiger partial charge in [0.2, 0.25) is 0 Å². The van der Waals surface area contributed by atoms with Crippen LogP contribution in [0.1, 0.15) is 45.7 Å². The van der Waals surface area contributed by atoms with Gasteiger partial charge < -0.3 is 0 Å². The number of rotatable bonds is 4. The Bertz CT molecular complexity index is 715. The Balaban J connectivity index is 2.30. The predicted octanol–water partition coefficient (Wildman–Crippen LogP) is 6.79. The van der Waals surface area contributed by atoms with Crippen LogP contribution in [0.5, 0.6) is 0 Å². The molecule has 1 unspecified atom stereocenters. The Kier molecular flexibility index (Phi) is 4.73. The Labute approximate surface area is 153 Å². The molecular formula is C25H30. The zero-order chi connectivity index (χ0) is 18.1. The van der Waals surface area contributed by atoms with Crippen molar-refractivity contribution in [1.82, 2.24) is 0 Å². The van der Waals surface area contributed by atoms with E-state index in [4.69, 9.17) is 0 Å². The van der Waals surface area contributed by atoms with Gasteiger partial charge in [-0.05, 0) is 28.0 Å². The molecule has 1 aliphatic carbocycles. The summed E-state index contributed by atoms with van der Waals surface area (Å²) in [4.78, 5) is 0. The highest BCUT2D eigenvalue weighted by molar-refractivity contribution is 5.48. The number of hydrogen-bond acceptors (Lipinski definition) is 0. The average Bonchev–Trinajstić information content (AvgIpc) is 3.07. The summed E-state index contributed by atoms with van der Waals surface area (Å²) in [5.74, 6) is 0.917. The summed E-state index contributed by atoms with van der Waals surface area (Å²) < 4.78 is 0. The molecule has 0 fully saturated rings. The lowest BCUT2D eigenvalue weighted by molar-refractivity contribution is 0.195. The van der Waals surface area contributed by atoms with E-state index in [9.17, 15) is 0 Å². The molecule has 2 aromatic carbocycles. The van der Waals surface area contributed by atoms with Gasteiger partial charge in [-0.1, -0.05) is 114 Å². The van der Waals surface area contributed by atoms with E-state index in [-0.39, 0.29) is 10.8 Å². The van der Waals surface area contributed by atoms with Crippen molar-refractivity contribution in [2.75, 3.05) is 0 Å². The fourth-order valence-electron chi connectivity index (χ4n) is 4.51. The van der Waals surface area contributed by atoms with Gasteiger partial charge in [0.1, 0.15) is 0 Å². The molecule has 0 heterocycles. The first-order valence-corrected chi connectivity index (χ1v) is 9.38. The first-order chi connectivity index (χ1) is 11.9. The molecule has 3 rings (SSSR count). The van der Waals surface area contributed by atoms with E-state index >= 15 is 0 Å². The molecule has 0 saturated heterocycles. The first-order valence-electron chi connectivity index (χ1n) is 9.38. The lowest BCUT2D eigenvalue weighted by Gasteiger charge is -2.49. The maximum absolute atomic E-state index is 2.50. The SMILES string of the molecule is CC(C)C1=CC(C(c2ccccc2)(c2ccccc2)C(C)(C)C)C=C1. The summed E-state index contributed by atoms with van der Waals surface area (Å²) in [6.07, 6.45) is 7.25. The molecule has 2 aromatic rings. The van der Waals surface area contributed by atoms with E-state index in [0.29, 0.717) is 11.8 Å². The molecule has 0 amide bonds. The Morgan fingerprint density at radius 3 is 1.60 bits per heavy atom. The molecule has 0 spiro atoms. The third-order valence-corrected chi connectivity index (χ3v) is 5.68. The number of benzene rings is 2. The number of hydrogen-bond donors (Lipinski definition) is 0. The van der Waals surface area contributed by atoms with Gasteiger partial charge in [0.05, 0.1) is 0 Å². The van der Waals surface area contributed by atoms with E-state index in [0.717, 1.165) is 0 Å². The summed E-state index contributed by atoms with van der Waals surface area (Å²) in [5.41, 5.74) is 4.20.